The standard InChI is InChI=1S/C28H28N4OS/c1-31(2)26-18-25(23-12-8-5-9-13-23)29-28(30-26)34-20-22-14-16-24(17-15-22)27(33)32(3)19-21-10-6-4-7-11-21/h4-18H,19-20H2,1-3H3. The zero-order valence-electron chi connectivity index (χ0n) is 19.7. The summed E-state index contributed by atoms with van der Waals surface area (Å²) in [6.07, 6.45) is 0. The highest BCUT2D eigenvalue weighted by atomic mass is 32.2. The molecule has 34 heavy (non-hydrogen) atoms. The number of carbonyl (C=O) groups excluding carboxylic acids is 1. The van der Waals surface area contributed by atoms with E-state index in [4.69, 9.17) is 9.97 Å². The van der Waals surface area contributed by atoms with Crippen LogP contribution in [0.15, 0.2) is 96.2 Å². The number of benzene rings is 3. The average molecular weight is 469 g/mol. The maximum absolute atomic E-state index is 12.8. The van der Waals surface area contributed by atoms with Gasteiger partial charge in [-0.15, -0.1) is 0 Å². The minimum atomic E-state index is 0.0116. The van der Waals surface area contributed by atoms with Gasteiger partial charge in [-0.3, -0.25) is 4.79 Å². The molecule has 3 aromatic carbocycles. The molecular weight excluding hydrogens is 440 g/mol. The zero-order valence-corrected chi connectivity index (χ0v) is 20.5. The van der Waals surface area contributed by atoms with E-state index in [0.29, 0.717) is 12.1 Å². The van der Waals surface area contributed by atoms with Crippen molar-refractivity contribution in [3.8, 4) is 11.3 Å². The van der Waals surface area contributed by atoms with E-state index in [9.17, 15) is 4.79 Å². The Kier molecular flexibility index (Phi) is 7.60. The summed E-state index contributed by atoms with van der Waals surface area (Å²) in [5.74, 6) is 1.61. The number of nitrogens with zero attached hydrogens (tertiary/aromatic N) is 4. The summed E-state index contributed by atoms with van der Waals surface area (Å²) >= 11 is 1.59. The van der Waals surface area contributed by atoms with Crippen LogP contribution in [0.4, 0.5) is 5.82 Å². The topological polar surface area (TPSA) is 49.3 Å². The van der Waals surface area contributed by atoms with E-state index in [-0.39, 0.29) is 5.91 Å². The molecule has 5 nitrogen and oxygen atoms in total. The number of hydrogen-bond acceptors (Lipinski definition) is 5. The first kappa shape index (κ1) is 23.5. The SMILES string of the molecule is CN(Cc1ccccc1)C(=O)c1ccc(CSc2nc(-c3ccccc3)cc(N(C)C)n2)cc1. The molecular formula is C28H28N4OS. The molecule has 0 N–H and O–H groups in total. The summed E-state index contributed by atoms with van der Waals surface area (Å²) in [7, 11) is 5.80. The van der Waals surface area contributed by atoms with Crippen molar-refractivity contribution in [3.63, 3.8) is 0 Å². The lowest BCUT2D eigenvalue weighted by Crippen LogP contribution is -2.26. The van der Waals surface area contributed by atoms with Crippen molar-refractivity contribution in [1.29, 1.82) is 0 Å². The van der Waals surface area contributed by atoms with E-state index < -0.39 is 0 Å². The summed E-state index contributed by atoms with van der Waals surface area (Å²) in [5.41, 5.74) is 4.89. The molecule has 4 aromatic rings. The Bertz CT molecular complexity index is 1230. The smallest absolute Gasteiger partial charge is 0.253 e. The summed E-state index contributed by atoms with van der Waals surface area (Å²) in [4.78, 5) is 26.0. The molecule has 172 valence electrons. The molecule has 4 rings (SSSR count). The third-order valence-electron chi connectivity index (χ3n) is 5.40. The Labute approximate surface area is 205 Å². The number of aromatic nitrogens is 2. The molecule has 0 atom stereocenters. The molecule has 1 heterocycles. The molecule has 0 aliphatic rings. The summed E-state index contributed by atoms with van der Waals surface area (Å²) in [5, 5.41) is 0.729. The van der Waals surface area contributed by atoms with Crippen LogP contribution in [0.5, 0.6) is 0 Å². The number of thioether (sulfide) groups is 1. The minimum Gasteiger partial charge on any atom is -0.363 e. The first-order valence-corrected chi connectivity index (χ1v) is 12.1. The van der Waals surface area contributed by atoms with Crippen LogP contribution in [0.2, 0.25) is 0 Å². The normalized spacial score (nSPS) is 10.7. The van der Waals surface area contributed by atoms with Gasteiger partial charge in [0.2, 0.25) is 0 Å². The molecule has 0 aliphatic carbocycles. The van der Waals surface area contributed by atoms with E-state index in [0.717, 1.165) is 39.1 Å². The van der Waals surface area contributed by atoms with Crippen LogP contribution in [0, 0.1) is 0 Å². The van der Waals surface area contributed by atoms with Gasteiger partial charge in [0.25, 0.3) is 5.91 Å². The molecule has 0 radical (unpaired) electrons. The predicted molar refractivity (Wildman–Crippen MR) is 140 cm³/mol. The van der Waals surface area contributed by atoms with Crippen molar-refractivity contribution in [1.82, 2.24) is 14.9 Å². The molecule has 1 amide bonds. The van der Waals surface area contributed by atoms with Gasteiger partial charge in [-0.05, 0) is 23.3 Å². The number of rotatable bonds is 8. The minimum absolute atomic E-state index is 0.0116. The van der Waals surface area contributed by atoms with Crippen LogP contribution in [0.1, 0.15) is 21.5 Å². The molecule has 1 aromatic heterocycles. The van der Waals surface area contributed by atoms with Gasteiger partial charge in [0.15, 0.2) is 5.16 Å². The lowest BCUT2D eigenvalue weighted by atomic mass is 10.1. The largest absolute Gasteiger partial charge is 0.363 e. The maximum atomic E-state index is 12.8. The lowest BCUT2D eigenvalue weighted by molar-refractivity contribution is 0.0785. The molecule has 0 saturated carbocycles. The van der Waals surface area contributed by atoms with Gasteiger partial charge in [0.1, 0.15) is 5.82 Å². The lowest BCUT2D eigenvalue weighted by Gasteiger charge is -2.17. The molecule has 0 bridgehead atoms. The fourth-order valence-corrected chi connectivity index (χ4v) is 4.31. The Morgan fingerprint density at radius 1 is 0.794 bits per heavy atom. The van der Waals surface area contributed by atoms with Crippen LogP contribution >= 0.6 is 11.8 Å². The Balaban J connectivity index is 1.43. The van der Waals surface area contributed by atoms with Crippen molar-refractivity contribution in [2.24, 2.45) is 0 Å². The first-order chi connectivity index (χ1) is 16.5. The fourth-order valence-electron chi connectivity index (χ4n) is 3.50. The second-order valence-corrected chi connectivity index (χ2v) is 9.23. The molecule has 6 heteroatoms. The van der Waals surface area contributed by atoms with Crippen molar-refractivity contribution in [3.05, 3.63) is 108 Å². The fraction of sp³-hybridized carbons (Fsp3) is 0.179. The number of carbonyl (C=O) groups is 1. The second kappa shape index (κ2) is 11.0. The van der Waals surface area contributed by atoms with Gasteiger partial charge < -0.3 is 9.80 Å². The van der Waals surface area contributed by atoms with E-state index in [1.165, 1.54) is 0 Å². The summed E-state index contributed by atoms with van der Waals surface area (Å²) < 4.78 is 0. The third-order valence-corrected chi connectivity index (χ3v) is 6.32. The van der Waals surface area contributed by atoms with Gasteiger partial charge in [-0.25, -0.2) is 9.97 Å². The zero-order chi connectivity index (χ0) is 23.9. The molecule has 0 saturated heterocycles. The highest BCUT2D eigenvalue weighted by Crippen LogP contribution is 2.27. The monoisotopic (exact) mass is 468 g/mol. The van der Waals surface area contributed by atoms with Crippen molar-refractivity contribution < 1.29 is 4.79 Å². The number of anilines is 1. The van der Waals surface area contributed by atoms with E-state index in [2.05, 4.69) is 12.1 Å². The quantitative estimate of drug-likeness (QED) is 0.243. The van der Waals surface area contributed by atoms with Crippen LogP contribution in [0.25, 0.3) is 11.3 Å². The summed E-state index contributed by atoms with van der Waals surface area (Å²) in [6.45, 7) is 0.584. The van der Waals surface area contributed by atoms with Crippen molar-refractivity contribution in [2.75, 3.05) is 26.0 Å². The van der Waals surface area contributed by atoms with E-state index in [1.54, 1.807) is 16.7 Å². The molecule has 0 spiro atoms. The van der Waals surface area contributed by atoms with Crippen LogP contribution in [-0.2, 0) is 12.3 Å². The Hall–Kier alpha value is -3.64. The second-order valence-electron chi connectivity index (χ2n) is 8.29. The highest BCUT2D eigenvalue weighted by molar-refractivity contribution is 7.98. The summed E-state index contributed by atoms with van der Waals surface area (Å²) in [6, 6.07) is 30.0. The highest BCUT2D eigenvalue weighted by Gasteiger charge is 2.13. The van der Waals surface area contributed by atoms with Gasteiger partial charge in [0.05, 0.1) is 5.69 Å². The van der Waals surface area contributed by atoms with Crippen LogP contribution in [-0.4, -0.2) is 41.9 Å². The van der Waals surface area contributed by atoms with E-state index >= 15 is 0 Å². The number of hydrogen-bond donors (Lipinski definition) is 0. The van der Waals surface area contributed by atoms with E-state index in [1.807, 2.05) is 105 Å². The molecule has 0 fully saturated rings. The predicted octanol–water partition coefficient (Wildman–Crippen LogP) is 5.77. The van der Waals surface area contributed by atoms with Gasteiger partial charge in [0, 0.05) is 50.6 Å². The van der Waals surface area contributed by atoms with Gasteiger partial charge >= 0.3 is 0 Å². The first-order valence-electron chi connectivity index (χ1n) is 11.1. The number of amides is 1. The molecule has 0 unspecified atom stereocenters. The van der Waals surface area contributed by atoms with Gasteiger partial charge in [-0.2, -0.15) is 0 Å². The average Bonchev–Trinajstić information content (AvgIpc) is 2.88. The van der Waals surface area contributed by atoms with Crippen molar-refractivity contribution >= 4 is 23.5 Å². The van der Waals surface area contributed by atoms with Crippen LogP contribution in [0.3, 0.4) is 0 Å². The maximum Gasteiger partial charge on any atom is 0.253 e. The third kappa shape index (κ3) is 6.02. The molecule has 0 aliphatic heterocycles. The Morgan fingerprint density at radius 2 is 1.44 bits per heavy atom. The Morgan fingerprint density at radius 3 is 2.09 bits per heavy atom. The van der Waals surface area contributed by atoms with Crippen LogP contribution < -0.4 is 4.90 Å². The van der Waals surface area contributed by atoms with Crippen molar-refractivity contribution in [2.45, 2.75) is 17.5 Å². The van der Waals surface area contributed by atoms with Gasteiger partial charge in [-0.1, -0.05) is 84.6 Å².